The first-order valence-electron chi connectivity index (χ1n) is 6.20. The molecule has 5 heteroatoms. The van der Waals surface area contributed by atoms with Gasteiger partial charge in [-0.1, -0.05) is 20.3 Å². The van der Waals surface area contributed by atoms with Gasteiger partial charge in [-0.2, -0.15) is 5.10 Å². The van der Waals surface area contributed by atoms with Gasteiger partial charge in [-0.3, -0.25) is 9.89 Å². The molecule has 1 fully saturated rings. The molecule has 1 aromatic heterocycles. The standard InChI is InChI=1S/C12H19N3O2/c1-4-17-11(16)12(6-5-7-12)10-13-9(8(2)3)14-15-10/h8H,4-7H2,1-3H3,(H,13,14,15). The van der Waals surface area contributed by atoms with Gasteiger partial charge < -0.3 is 4.74 Å². The fourth-order valence-electron chi connectivity index (χ4n) is 2.07. The first-order valence-corrected chi connectivity index (χ1v) is 6.20. The molecule has 0 aromatic carbocycles. The van der Waals surface area contributed by atoms with Crippen LogP contribution >= 0.6 is 0 Å². The average Bonchev–Trinajstić information content (AvgIpc) is 2.66. The van der Waals surface area contributed by atoms with Crippen LogP contribution in [0.25, 0.3) is 0 Å². The van der Waals surface area contributed by atoms with Gasteiger partial charge in [-0.15, -0.1) is 0 Å². The molecule has 0 aliphatic heterocycles. The Kier molecular flexibility index (Phi) is 3.17. The Morgan fingerprint density at radius 2 is 2.24 bits per heavy atom. The minimum Gasteiger partial charge on any atom is -0.465 e. The molecule has 2 rings (SSSR count). The first kappa shape index (κ1) is 12.1. The average molecular weight is 237 g/mol. The van der Waals surface area contributed by atoms with Crippen LogP contribution in [0, 0.1) is 0 Å². The third-order valence-electron chi connectivity index (χ3n) is 3.35. The SMILES string of the molecule is CCOC(=O)C1(c2n[nH]c(C(C)C)n2)CCC1. The quantitative estimate of drug-likeness (QED) is 0.812. The van der Waals surface area contributed by atoms with Crippen LogP contribution in [0.15, 0.2) is 0 Å². The van der Waals surface area contributed by atoms with E-state index in [9.17, 15) is 4.79 Å². The zero-order valence-electron chi connectivity index (χ0n) is 10.6. The number of esters is 1. The second-order valence-electron chi connectivity index (χ2n) is 4.86. The van der Waals surface area contributed by atoms with E-state index in [4.69, 9.17) is 4.74 Å². The van der Waals surface area contributed by atoms with Crippen molar-refractivity contribution in [2.45, 2.75) is 51.4 Å². The molecule has 1 saturated carbocycles. The van der Waals surface area contributed by atoms with E-state index < -0.39 is 5.41 Å². The molecule has 0 saturated heterocycles. The van der Waals surface area contributed by atoms with Crippen LogP contribution in [0.4, 0.5) is 0 Å². The van der Waals surface area contributed by atoms with E-state index >= 15 is 0 Å². The van der Waals surface area contributed by atoms with Gasteiger partial charge in [0.2, 0.25) is 0 Å². The lowest BCUT2D eigenvalue weighted by Gasteiger charge is -2.36. The predicted molar refractivity (Wildman–Crippen MR) is 62.6 cm³/mol. The van der Waals surface area contributed by atoms with Crippen LogP contribution in [0.3, 0.4) is 0 Å². The van der Waals surface area contributed by atoms with Gasteiger partial charge in [-0.05, 0) is 19.8 Å². The molecule has 0 unspecified atom stereocenters. The number of aromatic nitrogens is 3. The molecule has 0 radical (unpaired) electrons. The molecule has 0 spiro atoms. The van der Waals surface area contributed by atoms with Gasteiger partial charge in [0.1, 0.15) is 11.2 Å². The molecule has 1 aliphatic rings. The highest BCUT2D eigenvalue weighted by Crippen LogP contribution is 2.43. The van der Waals surface area contributed by atoms with Crippen molar-refractivity contribution in [3.63, 3.8) is 0 Å². The number of ether oxygens (including phenoxy) is 1. The summed E-state index contributed by atoms with van der Waals surface area (Å²) < 4.78 is 5.14. The number of nitrogens with one attached hydrogen (secondary N) is 1. The Morgan fingerprint density at radius 3 is 2.65 bits per heavy atom. The molecular weight excluding hydrogens is 218 g/mol. The Balaban J connectivity index is 2.25. The van der Waals surface area contributed by atoms with Crippen molar-refractivity contribution in [3.05, 3.63) is 11.6 Å². The molecule has 1 N–H and O–H groups in total. The van der Waals surface area contributed by atoms with Crippen LogP contribution < -0.4 is 0 Å². The maximum absolute atomic E-state index is 12.0. The molecule has 1 heterocycles. The summed E-state index contributed by atoms with van der Waals surface area (Å²) in [5, 5.41) is 7.11. The number of carbonyl (C=O) groups excluding carboxylic acids is 1. The molecule has 1 aliphatic carbocycles. The Hall–Kier alpha value is -1.39. The maximum Gasteiger partial charge on any atom is 0.319 e. The third kappa shape index (κ3) is 1.94. The number of hydrogen-bond acceptors (Lipinski definition) is 4. The number of rotatable bonds is 4. The number of H-pyrrole nitrogens is 1. The van der Waals surface area contributed by atoms with E-state index in [1.165, 1.54) is 0 Å². The van der Waals surface area contributed by atoms with Gasteiger partial charge in [0.15, 0.2) is 5.82 Å². The molecule has 0 amide bonds. The summed E-state index contributed by atoms with van der Waals surface area (Å²) in [5.74, 6) is 1.54. The highest BCUT2D eigenvalue weighted by molar-refractivity contribution is 5.83. The minimum atomic E-state index is -0.584. The summed E-state index contributed by atoms with van der Waals surface area (Å²) in [5.41, 5.74) is -0.584. The van der Waals surface area contributed by atoms with Crippen LogP contribution in [0.2, 0.25) is 0 Å². The Morgan fingerprint density at radius 1 is 1.53 bits per heavy atom. The smallest absolute Gasteiger partial charge is 0.319 e. The maximum atomic E-state index is 12.0. The second kappa shape index (κ2) is 4.47. The number of nitrogens with zero attached hydrogens (tertiary/aromatic N) is 2. The van der Waals surface area contributed by atoms with Crippen molar-refractivity contribution in [2.75, 3.05) is 6.61 Å². The molecule has 1 aromatic rings. The van der Waals surface area contributed by atoms with Crippen molar-refractivity contribution < 1.29 is 9.53 Å². The fourth-order valence-corrected chi connectivity index (χ4v) is 2.07. The van der Waals surface area contributed by atoms with E-state index in [0.717, 1.165) is 25.1 Å². The largest absolute Gasteiger partial charge is 0.465 e. The molecular formula is C12H19N3O2. The molecule has 5 nitrogen and oxygen atoms in total. The number of aromatic amines is 1. The van der Waals surface area contributed by atoms with E-state index in [0.29, 0.717) is 12.4 Å². The molecule has 94 valence electrons. The first-order chi connectivity index (χ1) is 8.10. The van der Waals surface area contributed by atoms with Crippen LogP contribution in [0.5, 0.6) is 0 Å². The lowest BCUT2D eigenvalue weighted by Crippen LogP contribution is -2.44. The lowest BCUT2D eigenvalue weighted by molar-refractivity contribution is -0.154. The van der Waals surface area contributed by atoms with Crippen molar-refractivity contribution >= 4 is 5.97 Å². The topological polar surface area (TPSA) is 67.9 Å². The van der Waals surface area contributed by atoms with Crippen molar-refractivity contribution in [1.82, 2.24) is 15.2 Å². The van der Waals surface area contributed by atoms with Gasteiger partial charge in [-0.25, -0.2) is 4.98 Å². The third-order valence-corrected chi connectivity index (χ3v) is 3.35. The van der Waals surface area contributed by atoms with Gasteiger partial charge in [0.05, 0.1) is 6.61 Å². The molecule has 0 bridgehead atoms. The highest BCUT2D eigenvalue weighted by Gasteiger charge is 2.50. The Labute approximate surface area is 101 Å². The zero-order chi connectivity index (χ0) is 12.5. The van der Waals surface area contributed by atoms with Crippen LogP contribution in [0.1, 0.15) is 57.6 Å². The van der Waals surface area contributed by atoms with Crippen molar-refractivity contribution in [1.29, 1.82) is 0 Å². The zero-order valence-corrected chi connectivity index (χ0v) is 10.6. The Bertz CT molecular complexity index is 408. The van der Waals surface area contributed by atoms with Crippen LogP contribution in [-0.2, 0) is 14.9 Å². The fraction of sp³-hybridized carbons (Fsp3) is 0.750. The molecule has 0 atom stereocenters. The van der Waals surface area contributed by atoms with E-state index in [1.54, 1.807) is 0 Å². The van der Waals surface area contributed by atoms with Gasteiger partial charge in [0.25, 0.3) is 0 Å². The van der Waals surface area contributed by atoms with E-state index in [-0.39, 0.29) is 11.9 Å². The normalized spacial score (nSPS) is 17.9. The summed E-state index contributed by atoms with van der Waals surface area (Å²) in [6.07, 6.45) is 2.62. The summed E-state index contributed by atoms with van der Waals surface area (Å²) in [4.78, 5) is 16.5. The van der Waals surface area contributed by atoms with Crippen molar-refractivity contribution in [3.8, 4) is 0 Å². The van der Waals surface area contributed by atoms with E-state index in [1.807, 2.05) is 20.8 Å². The predicted octanol–water partition coefficient (Wildman–Crippen LogP) is 1.91. The lowest BCUT2D eigenvalue weighted by atomic mass is 9.68. The summed E-state index contributed by atoms with van der Waals surface area (Å²) >= 11 is 0. The number of carbonyl (C=O) groups is 1. The van der Waals surface area contributed by atoms with Gasteiger partial charge >= 0.3 is 5.97 Å². The minimum absolute atomic E-state index is 0.180. The molecule has 17 heavy (non-hydrogen) atoms. The van der Waals surface area contributed by atoms with Crippen LogP contribution in [-0.4, -0.2) is 27.8 Å². The van der Waals surface area contributed by atoms with Crippen molar-refractivity contribution in [2.24, 2.45) is 0 Å². The summed E-state index contributed by atoms with van der Waals surface area (Å²) in [7, 11) is 0. The number of hydrogen-bond donors (Lipinski definition) is 1. The van der Waals surface area contributed by atoms with E-state index in [2.05, 4.69) is 15.2 Å². The van der Waals surface area contributed by atoms with Gasteiger partial charge in [0, 0.05) is 5.92 Å². The summed E-state index contributed by atoms with van der Waals surface area (Å²) in [6.45, 7) is 6.31. The second-order valence-corrected chi connectivity index (χ2v) is 4.86. The highest BCUT2D eigenvalue weighted by atomic mass is 16.5. The summed E-state index contributed by atoms with van der Waals surface area (Å²) in [6, 6.07) is 0. The monoisotopic (exact) mass is 237 g/mol.